The van der Waals surface area contributed by atoms with Gasteiger partial charge in [0.1, 0.15) is 5.15 Å². The van der Waals surface area contributed by atoms with E-state index in [1.807, 2.05) is 19.1 Å². The minimum atomic E-state index is -0.734. The minimum absolute atomic E-state index is 0.248. The van der Waals surface area contributed by atoms with Crippen molar-refractivity contribution < 1.29 is 9.90 Å². The first-order valence-electron chi connectivity index (χ1n) is 10.2. The highest BCUT2D eigenvalue weighted by atomic mass is 35.5. The molecule has 0 atom stereocenters. The zero-order chi connectivity index (χ0) is 22.9. The van der Waals surface area contributed by atoms with Crippen LogP contribution in [0.15, 0.2) is 36.4 Å². The van der Waals surface area contributed by atoms with Crippen molar-refractivity contribution in [3.05, 3.63) is 52.8 Å². The molecule has 3 aromatic rings. The maximum Gasteiger partial charge on any atom is 0.323 e. The highest BCUT2D eigenvalue weighted by molar-refractivity contribution is 7.19. The first-order chi connectivity index (χ1) is 15.2. The number of benzene rings is 1. The number of aromatic nitrogens is 2. The maximum absolute atomic E-state index is 12.8. The number of halogens is 1. The number of amides is 2. The fourth-order valence-corrected chi connectivity index (χ4v) is 4.84. The predicted molar refractivity (Wildman–Crippen MR) is 126 cm³/mol. The van der Waals surface area contributed by atoms with E-state index < -0.39 is 5.60 Å². The number of hydrogen-bond acceptors (Lipinski definition) is 6. The first kappa shape index (κ1) is 22.2. The molecule has 32 heavy (non-hydrogen) atoms. The topological polar surface area (TPSA) is 102 Å². The summed E-state index contributed by atoms with van der Waals surface area (Å²) in [5, 5.41) is 23.2. The van der Waals surface area contributed by atoms with Crippen molar-refractivity contribution in [2.24, 2.45) is 0 Å². The number of piperidine rings is 1. The molecule has 1 saturated heterocycles. The van der Waals surface area contributed by atoms with Crippen molar-refractivity contribution in [2.45, 2.75) is 32.3 Å². The SMILES string of the molecule is Cc1cc(-c2sc(NC(=O)N3CCC(C)(O)CC3)nc2-c2cccc(C#N)c2)cc(Cl)n1. The number of pyridine rings is 1. The second kappa shape index (κ2) is 8.87. The van der Waals surface area contributed by atoms with Gasteiger partial charge in [0.05, 0.1) is 27.8 Å². The van der Waals surface area contributed by atoms with Crippen LogP contribution in [-0.4, -0.2) is 44.7 Å². The lowest BCUT2D eigenvalue weighted by molar-refractivity contribution is 0.00570. The number of nitriles is 1. The van der Waals surface area contributed by atoms with Crippen molar-refractivity contribution in [3.8, 4) is 27.8 Å². The molecular formula is C23H22ClN5O2S. The van der Waals surface area contributed by atoms with Gasteiger partial charge < -0.3 is 10.0 Å². The largest absolute Gasteiger partial charge is 0.390 e. The van der Waals surface area contributed by atoms with Gasteiger partial charge in [-0.1, -0.05) is 35.1 Å². The van der Waals surface area contributed by atoms with Crippen molar-refractivity contribution >= 4 is 34.1 Å². The Morgan fingerprint density at radius 3 is 2.69 bits per heavy atom. The Morgan fingerprint density at radius 1 is 1.25 bits per heavy atom. The number of nitrogens with zero attached hydrogens (tertiary/aromatic N) is 4. The average Bonchev–Trinajstić information content (AvgIpc) is 3.17. The fraction of sp³-hybridized carbons (Fsp3) is 0.304. The number of aryl methyl sites for hydroxylation is 1. The van der Waals surface area contributed by atoms with Gasteiger partial charge >= 0.3 is 6.03 Å². The number of likely N-dealkylation sites (tertiary alicyclic amines) is 1. The highest BCUT2D eigenvalue weighted by Crippen LogP contribution is 2.40. The molecular weight excluding hydrogens is 446 g/mol. The van der Waals surface area contributed by atoms with Crippen LogP contribution >= 0.6 is 22.9 Å². The number of urea groups is 1. The summed E-state index contributed by atoms with van der Waals surface area (Å²) in [4.78, 5) is 24.2. The van der Waals surface area contributed by atoms with E-state index >= 15 is 0 Å². The number of carbonyl (C=O) groups is 1. The Labute approximate surface area is 195 Å². The molecule has 0 aliphatic carbocycles. The zero-order valence-corrected chi connectivity index (χ0v) is 19.3. The van der Waals surface area contributed by atoms with Crippen LogP contribution in [0.5, 0.6) is 0 Å². The number of anilines is 1. The summed E-state index contributed by atoms with van der Waals surface area (Å²) in [6.07, 6.45) is 1.06. The standard InChI is InChI=1S/C23H22ClN5O2S/c1-14-10-17(12-18(24)26-14)20-19(16-5-3-4-15(11-16)13-25)27-21(32-20)28-22(30)29-8-6-23(2,31)7-9-29/h3-5,10-12,31H,6-9H2,1-2H3,(H,27,28,30). The normalized spacial score (nSPS) is 15.3. The average molecular weight is 468 g/mol. The Bertz CT molecular complexity index is 1190. The predicted octanol–water partition coefficient (Wildman–Crippen LogP) is 5.08. The van der Waals surface area contributed by atoms with Gasteiger partial charge in [-0.3, -0.25) is 5.32 Å². The summed E-state index contributed by atoms with van der Waals surface area (Å²) in [6, 6.07) is 12.8. The quantitative estimate of drug-likeness (QED) is 0.522. The molecule has 3 heterocycles. The number of thiazole rings is 1. The van der Waals surface area contributed by atoms with Crippen LogP contribution in [0, 0.1) is 18.3 Å². The molecule has 7 nitrogen and oxygen atoms in total. The van der Waals surface area contributed by atoms with E-state index in [1.165, 1.54) is 11.3 Å². The van der Waals surface area contributed by atoms with Crippen LogP contribution in [0.1, 0.15) is 31.0 Å². The summed E-state index contributed by atoms with van der Waals surface area (Å²) in [5.41, 5.74) is 2.83. The molecule has 1 fully saturated rings. The Morgan fingerprint density at radius 2 is 2.00 bits per heavy atom. The third kappa shape index (κ3) is 4.91. The number of nitrogens with one attached hydrogen (secondary N) is 1. The number of aliphatic hydroxyl groups is 1. The first-order valence-corrected chi connectivity index (χ1v) is 11.4. The number of carbonyl (C=O) groups excluding carboxylic acids is 1. The Balaban J connectivity index is 1.69. The smallest absolute Gasteiger partial charge is 0.323 e. The Kier molecular flexibility index (Phi) is 6.15. The van der Waals surface area contributed by atoms with Crippen LogP contribution in [0.25, 0.3) is 21.7 Å². The molecule has 164 valence electrons. The summed E-state index contributed by atoms with van der Waals surface area (Å²) >= 11 is 7.54. The molecule has 1 aliphatic rings. The van der Waals surface area contributed by atoms with E-state index in [0.29, 0.717) is 47.5 Å². The molecule has 0 unspecified atom stereocenters. The maximum atomic E-state index is 12.8. The van der Waals surface area contributed by atoms with Gasteiger partial charge in [0.15, 0.2) is 5.13 Å². The van der Waals surface area contributed by atoms with Gasteiger partial charge in [-0.05, 0) is 56.5 Å². The van der Waals surface area contributed by atoms with E-state index in [1.54, 1.807) is 36.1 Å². The molecule has 2 N–H and O–H groups in total. The molecule has 2 aromatic heterocycles. The molecule has 0 radical (unpaired) electrons. The number of hydrogen-bond donors (Lipinski definition) is 2. The summed E-state index contributed by atoms with van der Waals surface area (Å²) in [5.74, 6) is 0. The minimum Gasteiger partial charge on any atom is -0.390 e. The van der Waals surface area contributed by atoms with E-state index in [9.17, 15) is 15.2 Å². The van der Waals surface area contributed by atoms with Gasteiger partial charge in [0, 0.05) is 24.3 Å². The highest BCUT2D eigenvalue weighted by Gasteiger charge is 2.30. The third-order valence-electron chi connectivity index (χ3n) is 5.42. The Hall–Kier alpha value is -2.99. The van der Waals surface area contributed by atoms with Crippen molar-refractivity contribution in [3.63, 3.8) is 0 Å². The monoisotopic (exact) mass is 467 g/mol. The van der Waals surface area contributed by atoms with Crippen molar-refractivity contribution in [1.82, 2.24) is 14.9 Å². The van der Waals surface area contributed by atoms with E-state index in [2.05, 4.69) is 16.4 Å². The van der Waals surface area contributed by atoms with Gasteiger partial charge in [0.25, 0.3) is 0 Å². The molecule has 9 heteroatoms. The van der Waals surface area contributed by atoms with Crippen LogP contribution in [0.3, 0.4) is 0 Å². The number of rotatable bonds is 3. The molecule has 2 amide bonds. The van der Waals surface area contributed by atoms with Crippen LogP contribution < -0.4 is 5.32 Å². The van der Waals surface area contributed by atoms with Gasteiger partial charge in [-0.2, -0.15) is 5.26 Å². The van der Waals surface area contributed by atoms with Crippen LogP contribution in [0.2, 0.25) is 5.15 Å². The summed E-state index contributed by atoms with van der Waals surface area (Å²) in [6.45, 7) is 4.61. The van der Waals surface area contributed by atoms with E-state index in [4.69, 9.17) is 16.6 Å². The second-order valence-corrected chi connectivity index (χ2v) is 9.51. The summed E-state index contributed by atoms with van der Waals surface area (Å²) < 4.78 is 0. The van der Waals surface area contributed by atoms with E-state index in [-0.39, 0.29) is 6.03 Å². The van der Waals surface area contributed by atoms with Crippen LogP contribution in [0.4, 0.5) is 9.93 Å². The summed E-state index contributed by atoms with van der Waals surface area (Å²) in [7, 11) is 0. The third-order valence-corrected chi connectivity index (χ3v) is 6.63. The molecule has 4 rings (SSSR count). The molecule has 0 bridgehead atoms. The lowest BCUT2D eigenvalue weighted by Gasteiger charge is -2.35. The molecule has 1 aromatic carbocycles. The zero-order valence-electron chi connectivity index (χ0n) is 17.7. The van der Waals surface area contributed by atoms with Crippen LogP contribution in [-0.2, 0) is 0 Å². The molecule has 1 aliphatic heterocycles. The molecule has 0 saturated carbocycles. The van der Waals surface area contributed by atoms with E-state index in [0.717, 1.165) is 21.7 Å². The molecule has 0 spiro atoms. The van der Waals surface area contributed by atoms with Crippen molar-refractivity contribution in [2.75, 3.05) is 18.4 Å². The lowest BCUT2D eigenvalue weighted by atomic mass is 9.94. The van der Waals surface area contributed by atoms with Gasteiger partial charge in [0.2, 0.25) is 0 Å². The van der Waals surface area contributed by atoms with Gasteiger partial charge in [-0.25, -0.2) is 14.8 Å². The fourth-order valence-electron chi connectivity index (χ4n) is 3.62. The second-order valence-electron chi connectivity index (χ2n) is 8.12. The lowest BCUT2D eigenvalue weighted by Crippen LogP contribution is -2.46. The van der Waals surface area contributed by atoms with Gasteiger partial charge in [-0.15, -0.1) is 0 Å². The van der Waals surface area contributed by atoms with Crippen molar-refractivity contribution in [1.29, 1.82) is 5.26 Å².